The minimum Gasteiger partial charge on any atom is -0.457 e. The molecule has 2 aliphatic rings. The molecule has 2 aliphatic heterocycles. The third kappa shape index (κ3) is 42.4. The second-order valence-corrected chi connectivity index (χ2v) is 7.24. The molecule has 0 aromatic heterocycles. The number of aliphatic hydroxyl groups excluding tert-OH is 1. The summed E-state index contributed by atoms with van der Waals surface area (Å²) in [5, 5.41) is 16.2. The van der Waals surface area contributed by atoms with E-state index in [0.29, 0.717) is 5.06 Å². The molecule has 0 aromatic carbocycles. The number of hydrogen-bond donors (Lipinski definition) is 2. The largest absolute Gasteiger partial charge is 0.533 e. The quantitative estimate of drug-likeness (QED) is 0.0883. The number of nitrogens with zero attached hydrogens (tertiary/aromatic N) is 2. The van der Waals surface area contributed by atoms with Gasteiger partial charge in [0.05, 0.1) is 26.7 Å². The zero-order valence-corrected chi connectivity index (χ0v) is 25.0. The van der Waals surface area contributed by atoms with Crippen molar-refractivity contribution < 1.29 is 67.7 Å². The van der Waals surface area contributed by atoms with Crippen molar-refractivity contribution in [3.05, 3.63) is 0 Å². The third-order valence-electron chi connectivity index (χ3n) is 2.68. The summed E-state index contributed by atoms with van der Waals surface area (Å²) in [5.41, 5.74) is -1.55. The van der Waals surface area contributed by atoms with Crippen molar-refractivity contribution in [2.75, 3.05) is 33.8 Å². The Balaban J connectivity index is -0.0000000706. The molecule has 0 radical (unpaired) electrons. The Kier molecular flexibility index (Phi) is 50.6. The molecule has 0 saturated carbocycles. The number of imide groups is 2. The van der Waals surface area contributed by atoms with Gasteiger partial charge in [-0.25, -0.2) is 14.4 Å². The molecule has 0 unspecified atom stereocenters. The van der Waals surface area contributed by atoms with E-state index in [1.165, 1.54) is 14.2 Å². The van der Waals surface area contributed by atoms with Crippen LogP contribution >= 0.6 is 69.6 Å². The van der Waals surface area contributed by atoms with Gasteiger partial charge >= 0.3 is 21.7 Å². The lowest BCUT2D eigenvalue weighted by Crippen LogP contribution is -2.31. The Hall–Kier alpha value is -2.18. The number of rotatable bonds is 1. The monoisotopic (exact) mass is 722 g/mol. The van der Waals surface area contributed by atoms with Gasteiger partial charge in [-0.3, -0.25) is 34.0 Å². The fourth-order valence-corrected chi connectivity index (χ4v) is 1.33. The van der Waals surface area contributed by atoms with Crippen LogP contribution in [0, 0.1) is 0 Å². The van der Waals surface area contributed by atoms with Crippen LogP contribution in [0.4, 0.5) is 19.2 Å². The van der Waals surface area contributed by atoms with Gasteiger partial charge < -0.3 is 19.3 Å². The van der Waals surface area contributed by atoms with Crippen molar-refractivity contribution in [1.29, 1.82) is 0 Å². The van der Waals surface area contributed by atoms with Gasteiger partial charge in [-0.2, -0.15) is 5.06 Å². The van der Waals surface area contributed by atoms with Gasteiger partial charge in [-0.05, 0) is 23.2 Å². The number of halogens is 6. The van der Waals surface area contributed by atoms with Crippen molar-refractivity contribution in [3.63, 3.8) is 0 Å². The molecular weight excluding hydrogens is 693 g/mol. The smallest absolute Gasteiger partial charge is 0.457 e. The highest BCUT2D eigenvalue weighted by atomic mass is 35.5. The molecule has 2 N–H and O–H groups in total. The highest BCUT2D eigenvalue weighted by molar-refractivity contribution is 6.93. The lowest BCUT2D eigenvalue weighted by Gasteiger charge is -2.10. The average Bonchev–Trinajstić information content (AvgIpc) is 3.36. The third-order valence-corrected chi connectivity index (χ3v) is 2.99. The summed E-state index contributed by atoms with van der Waals surface area (Å²) in [6.45, 7) is 0. The van der Waals surface area contributed by atoms with Crippen molar-refractivity contribution in [3.8, 4) is 0 Å². The van der Waals surface area contributed by atoms with Crippen LogP contribution in [-0.2, 0) is 38.2 Å². The molecule has 2 fully saturated rings. The Labute approximate surface area is 266 Å². The molecule has 2 heterocycles. The second-order valence-electron chi connectivity index (χ2n) is 4.94. The van der Waals surface area contributed by atoms with E-state index in [2.05, 4.69) is 65.5 Å². The normalized spacial score (nSPS) is 11.7. The van der Waals surface area contributed by atoms with Gasteiger partial charge in [0.2, 0.25) is 0 Å². The molecule has 2 saturated heterocycles. The summed E-state index contributed by atoms with van der Waals surface area (Å²) >= 11 is 27.5. The number of aliphatic hydroxyl groups is 1. The predicted octanol–water partition coefficient (Wildman–Crippen LogP) is 5.23. The van der Waals surface area contributed by atoms with Crippen LogP contribution < -0.4 is 0 Å². The zero-order valence-electron chi connectivity index (χ0n) is 20.5. The van der Waals surface area contributed by atoms with Crippen molar-refractivity contribution >= 4 is 115 Å². The van der Waals surface area contributed by atoms with Crippen LogP contribution in [0.25, 0.3) is 0 Å². The van der Waals surface area contributed by atoms with Crippen LogP contribution in [0.3, 0.4) is 0 Å². The van der Waals surface area contributed by atoms with Gasteiger partial charge in [-0.15, -0.1) is 23.2 Å². The fourth-order valence-electron chi connectivity index (χ4n) is 1.33. The van der Waals surface area contributed by atoms with E-state index in [4.69, 9.17) is 38.3 Å². The van der Waals surface area contributed by atoms with Crippen LogP contribution in [-0.4, -0.2) is 99.6 Å². The second kappa shape index (κ2) is 37.8. The van der Waals surface area contributed by atoms with Gasteiger partial charge in [0, 0.05) is 56.0 Å². The first-order chi connectivity index (χ1) is 18.0. The maximum atomic E-state index is 10.8. The number of ether oxygens (including phenoxy) is 3. The molecule has 16 nitrogen and oxygen atoms in total. The number of carbonyl (C=O) groups is 8. The van der Waals surface area contributed by atoms with Gasteiger partial charge in [0.25, 0.3) is 23.6 Å². The highest BCUT2D eigenvalue weighted by Gasteiger charge is 2.33. The van der Waals surface area contributed by atoms with Crippen LogP contribution in [0.5, 0.6) is 0 Å². The summed E-state index contributed by atoms with van der Waals surface area (Å²) in [7, 11) is 4.53. The number of amides is 4. The van der Waals surface area contributed by atoms with Crippen LogP contribution in [0.2, 0.25) is 0 Å². The van der Waals surface area contributed by atoms with Crippen molar-refractivity contribution in [1.82, 2.24) is 10.1 Å². The van der Waals surface area contributed by atoms with Gasteiger partial charge in [0.15, 0.2) is 0 Å². The van der Waals surface area contributed by atoms with E-state index < -0.39 is 45.3 Å². The average molecular weight is 725 g/mol. The highest BCUT2D eigenvalue weighted by Crippen LogP contribution is 2.12. The Bertz CT molecular complexity index is 739. The maximum Gasteiger partial charge on any atom is 0.533 e. The molecule has 41 heavy (non-hydrogen) atoms. The minimum atomic E-state index is -1.07. The lowest BCUT2D eigenvalue weighted by atomic mass is 10.4. The first kappa shape index (κ1) is 54.8. The minimum absolute atomic E-state index is 0. The molecule has 2 rings (SSSR count). The molecule has 22 heteroatoms. The van der Waals surface area contributed by atoms with Gasteiger partial charge in [-0.1, -0.05) is 19.9 Å². The number of methoxy groups -OCH3 is 3. The number of alkyl halides is 2. The van der Waals surface area contributed by atoms with Gasteiger partial charge in [0.1, 0.15) is 0 Å². The maximum absolute atomic E-state index is 10.8. The molecule has 0 spiro atoms. The van der Waals surface area contributed by atoms with Crippen molar-refractivity contribution in [2.45, 2.75) is 40.5 Å². The van der Waals surface area contributed by atoms with Crippen LogP contribution in [0.15, 0.2) is 0 Å². The first-order valence-electron chi connectivity index (χ1n) is 9.10. The van der Waals surface area contributed by atoms with Crippen molar-refractivity contribution in [2.24, 2.45) is 0 Å². The van der Waals surface area contributed by atoms with E-state index in [1.807, 2.05) is 0 Å². The van der Waals surface area contributed by atoms with E-state index >= 15 is 0 Å². The molecule has 0 aromatic rings. The number of carbonyl (C=O) groups excluding carboxylic acids is 8. The summed E-state index contributed by atoms with van der Waals surface area (Å²) in [6, 6.07) is 0. The molecule has 0 atom stereocenters. The summed E-state index contributed by atoms with van der Waals surface area (Å²) < 4.78 is 11.0. The SMILES string of the molecule is C.C.CO.COC(=O)Cl.COC(=O)Cl.COC(=O)ON1C(=O)CCC1=O.ClCCl.O=C(Cl)Cl.O=C1CCC(=O)N1O. The topological polar surface area (TPSA) is 220 Å². The summed E-state index contributed by atoms with van der Waals surface area (Å²) in [5.74, 6) is -2.05. The molecule has 4 amide bonds. The predicted molar refractivity (Wildman–Crippen MR) is 149 cm³/mol. The summed E-state index contributed by atoms with van der Waals surface area (Å²) in [6.07, 6.45) is -0.616. The lowest BCUT2D eigenvalue weighted by molar-refractivity contribution is -0.176. The standard InChI is InChI=1S/C6H7NO5.C4H5NO3.2C2H3ClO2.CCl2O.CH2Cl2.CH4O.2CH4/c1-11-6(10)12-7-4(8)2-3-5(7)9;6-3-1-2-4(7)5(3)8;2*1-5-2(3)4;2-1(3)4;2-1-3;1-2;;/h2-3H2,1H3;8H,1-2H2;2*1H3;;1H2;2H,1H3;2*1H4. The Morgan fingerprint density at radius 3 is 1.05 bits per heavy atom. The fraction of sp³-hybridized carbons (Fsp3) is 0.579. The number of hydrogen-bond acceptors (Lipinski definition) is 14. The Morgan fingerprint density at radius 2 is 0.902 bits per heavy atom. The molecule has 0 bridgehead atoms. The van der Waals surface area contributed by atoms with E-state index in [-0.39, 0.29) is 50.9 Å². The van der Waals surface area contributed by atoms with E-state index in [1.54, 1.807) is 0 Å². The van der Waals surface area contributed by atoms with E-state index in [0.717, 1.165) is 14.2 Å². The summed E-state index contributed by atoms with van der Waals surface area (Å²) in [4.78, 5) is 84.5. The molecule has 244 valence electrons. The number of hydroxylamine groups is 4. The van der Waals surface area contributed by atoms with Crippen LogP contribution in [0.1, 0.15) is 40.5 Å². The first-order valence-corrected chi connectivity index (χ1v) is 11.7. The Morgan fingerprint density at radius 1 is 0.683 bits per heavy atom. The zero-order chi connectivity index (χ0) is 32.1. The molecule has 0 aliphatic carbocycles. The van der Waals surface area contributed by atoms with E-state index in [9.17, 15) is 33.6 Å². The molecular formula is C19H32Cl6N2O14.